The molecule has 1 aromatic heterocycles. The third-order valence-corrected chi connectivity index (χ3v) is 6.15. The fourth-order valence-corrected chi connectivity index (χ4v) is 4.03. The molecule has 0 unspecified atom stereocenters. The highest BCUT2D eigenvalue weighted by Crippen LogP contribution is 2.22. The molecule has 0 spiro atoms. The Morgan fingerprint density at radius 3 is 2.86 bits per heavy atom. The van der Waals surface area contributed by atoms with Crippen molar-refractivity contribution in [3.63, 3.8) is 0 Å². The summed E-state index contributed by atoms with van der Waals surface area (Å²) in [5.74, 6) is -0.242. The zero-order valence-electron chi connectivity index (χ0n) is 12.5. The van der Waals surface area contributed by atoms with Gasteiger partial charge in [0.05, 0.1) is 11.8 Å². The quantitative estimate of drug-likeness (QED) is 0.797. The van der Waals surface area contributed by atoms with Gasteiger partial charge in [-0.05, 0) is 26.2 Å². The van der Waals surface area contributed by atoms with Gasteiger partial charge in [-0.25, -0.2) is 18.1 Å². The van der Waals surface area contributed by atoms with Crippen molar-refractivity contribution < 1.29 is 13.2 Å². The van der Waals surface area contributed by atoms with Crippen LogP contribution in [0, 0.1) is 0 Å². The highest BCUT2D eigenvalue weighted by molar-refractivity contribution is 7.92. The van der Waals surface area contributed by atoms with E-state index in [0.29, 0.717) is 19.5 Å². The fraction of sp³-hybridized carbons (Fsp3) is 0.769. The minimum Gasteiger partial charge on any atom is -0.339 e. The average Bonchev–Trinajstić information content (AvgIpc) is 3.00. The lowest BCUT2D eigenvalue weighted by Crippen LogP contribution is -2.47. The summed E-state index contributed by atoms with van der Waals surface area (Å²) in [5.41, 5.74) is 0. The summed E-state index contributed by atoms with van der Waals surface area (Å²) in [6, 6.07) is 0.0753. The minimum atomic E-state index is -3.36. The first-order chi connectivity index (χ1) is 9.95. The van der Waals surface area contributed by atoms with Crippen LogP contribution in [0.4, 0.5) is 0 Å². The van der Waals surface area contributed by atoms with Gasteiger partial charge in [0, 0.05) is 13.1 Å². The highest BCUT2D eigenvalue weighted by Gasteiger charge is 2.33. The molecule has 118 valence electrons. The van der Waals surface area contributed by atoms with Crippen LogP contribution in [-0.4, -0.2) is 58.1 Å². The summed E-state index contributed by atoms with van der Waals surface area (Å²) >= 11 is 0. The summed E-state index contributed by atoms with van der Waals surface area (Å²) < 4.78 is 25.8. The molecule has 2 atom stereocenters. The molecule has 1 aliphatic rings. The van der Waals surface area contributed by atoms with E-state index in [0.717, 1.165) is 12.8 Å². The standard InChI is InChI=1S/C13H22N4O3S/c1-3-7-21(19,20)11(2)13(18)16-6-4-5-12(8-16)17-10-14-9-15-17/h9-12H,3-8H2,1-2H3/t11-,12-/m1/s1. The molecule has 2 heterocycles. The van der Waals surface area contributed by atoms with Gasteiger partial charge in [0.2, 0.25) is 5.91 Å². The maximum Gasteiger partial charge on any atom is 0.240 e. The summed E-state index contributed by atoms with van der Waals surface area (Å²) in [7, 11) is -3.36. The number of hydrogen-bond acceptors (Lipinski definition) is 5. The smallest absolute Gasteiger partial charge is 0.240 e. The normalized spacial score (nSPS) is 21.2. The maximum absolute atomic E-state index is 12.4. The Labute approximate surface area is 125 Å². The predicted molar refractivity (Wildman–Crippen MR) is 78.4 cm³/mol. The second kappa shape index (κ2) is 6.55. The Kier molecular flexibility index (Phi) is 4.97. The molecule has 1 saturated heterocycles. The molecular weight excluding hydrogens is 292 g/mol. The third kappa shape index (κ3) is 3.61. The Bertz CT molecular complexity index is 570. The second-order valence-electron chi connectivity index (χ2n) is 5.47. The first-order valence-electron chi connectivity index (χ1n) is 7.30. The largest absolute Gasteiger partial charge is 0.339 e. The van der Waals surface area contributed by atoms with E-state index in [4.69, 9.17) is 0 Å². The van der Waals surface area contributed by atoms with Gasteiger partial charge < -0.3 is 4.90 Å². The first-order valence-corrected chi connectivity index (χ1v) is 9.01. The van der Waals surface area contributed by atoms with E-state index in [1.54, 1.807) is 22.8 Å². The van der Waals surface area contributed by atoms with Crippen LogP contribution in [0.2, 0.25) is 0 Å². The molecule has 7 nitrogen and oxygen atoms in total. The Balaban J connectivity index is 2.05. The average molecular weight is 314 g/mol. The molecule has 0 radical (unpaired) electrons. The third-order valence-electron chi connectivity index (χ3n) is 3.89. The van der Waals surface area contributed by atoms with E-state index in [1.807, 2.05) is 0 Å². The fourth-order valence-electron chi connectivity index (χ4n) is 2.65. The topological polar surface area (TPSA) is 85.2 Å². The summed E-state index contributed by atoms with van der Waals surface area (Å²) in [6.07, 6.45) is 5.40. The molecule has 0 bridgehead atoms. The van der Waals surface area contributed by atoms with Crippen molar-refractivity contribution in [1.82, 2.24) is 19.7 Å². The number of nitrogens with zero attached hydrogens (tertiary/aromatic N) is 4. The SMILES string of the molecule is CCCS(=O)(=O)[C@H](C)C(=O)N1CCC[C@@H](n2cncn2)C1. The van der Waals surface area contributed by atoms with E-state index in [2.05, 4.69) is 10.1 Å². The van der Waals surface area contributed by atoms with Gasteiger partial charge in [0.1, 0.15) is 17.9 Å². The van der Waals surface area contributed by atoms with Crippen molar-refractivity contribution in [2.75, 3.05) is 18.8 Å². The number of carbonyl (C=O) groups is 1. The number of rotatable bonds is 5. The Hall–Kier alpha value is -1.44. The number of piperidine rings is 1. The van der Waals surface area contributed by atoms with Crippen LogP contribution in [0.25, 0.3) is 0 Å². The molecule has 21 heavy (non-hydrogen) atoms. The van der Waals surface area contributed by atoms with Gasteiger partial charge in [0.25, 0.3) is 0 Å². The van der Waals surface area contributed by atoms with Gasteiger partial charge in [-0.2, -0.15) is 5.10 Å². The molecule has 1 aromatic rings. The minimum absolute atomic E-state index is 0.0558. The first kappa shape index (κ1) is 15.9. The zero-order chi connectivity index (χ0) is 15.5. The van der Waals surface area contributed by atoms with Gasteiger partial charge in [-0.1, -0.05) is 6.92 Å². The molecule has 1 amide bonds. The van der Waals surface area contributed by atoms with Gasteiger partial charge in [-0.3, -0.25) is 4.79 Å². The number of aromatic nitrogens is 3. The van der Waals surface area contributed by atoms with Gasteiger partial charge >= 0.3 is 0 Å². The van der Waals surface area contributed by atoms with Crippen molar-refractivity contribution in [1.29, 1.82) is 0 Å². The maximum atomic E-state index is 12.4. The molecule has 0 N–H and O–H groups in total. The van der Waals surface area contributed by atoms with Crippen molar-refractivity contribution in [3.05, 3.63) is 12.7 Å². The molecule has 1 fully saturated rings. The lowest BCUT2D eigenvalue weighted by atomic mass is 10.1. The number of sulfone groups is 1. The number of likely N-dealkylation sites (tertiary alicyclic amines) is 1. The van der Waals surface area contributed by atoms with Crippen LogP contribution in [0.1, 0.15) is 39.2 Å². The molecule has 8 heteroatoms. The molecule has 0 aliphatic carbocycles. The monoisotopic (exact) mass is 314 g/mol. The van der Waals surface area contributed by atoms with E-state index in [9.17, 15) is 13.2 Å². The highest BCUT2D eigenvalue weighted by atomic mass is 32.2. The predicted octanol–water partition coefficient (Wildman–Crippen LogP) is 0.655. The molecule has 2 rings (SSSR count). The summed E-state index contributed by atoms with van der Waals surface area (Å²) in [5, 5.41) is 3.14. The molecular formula is C13H22N4O3S. The number of hydrogen-bond donors (Lipinski definition) is 0. The van der Waals surface area contributed by atoms with E-state index >= 15 is 0 Å². The number of amides is 1. The Morgan fingerprint density at radius 1 is 1.48 bits per heavy atom. The van der Waals surface area contributed by atoms with Crippen molar-refractivity contribution in [3.8, 4) is 0 Å². The zero-order valence-corrected chi connectivity index (χ0v) is 13.3. The van der Waals surface area contributed by atoms with Gasteiger partial charge in [-0.15, -0.1) is 0 Å². The number of carbonyl (C=O) groups excluding carboxylic acids is 1. The van der Waals surface area contributed by atoms with Crippen molar-refractivity contribution in [2.24, 2.45) is 0 Å². The summed E-state index contributed by atoms with van der Waals surface area (Å²) in [4.78, 5) is 18.0. The van der Waals surface area contributed by atoms with E-state index < -0.39 is 15.1 Å². The van der Waals surface area contributed by atoms with Crippen molar-refractivity contribution in [2.45, 2.75) is 44.4 Å². The molecule has 1 aliphatic heterocycles. The molecule has 0 saturated carbocycles. The van der Waals surface area contributed by atoms with Crippen LogP contribution >= 0.6 is 0 Å². The molecule has 0 aromatic carbocycles. The van der Waals surface area contributed by atoms with Crippen LogP contribution in [0.5, 0.6) is 0 Å². The lowest BCUT2D eigenvalue weighted by molar-refractivity contribution is -0.132. The Morgan fingerprint density at radius 2 is 2.24 bits per heavy atom. The summed E-state index contributed by atoms with van der Waals surface area (Å²) in [6.45, 7) is 4.40. The van der Waals surface area contributed by atoms with Crippen LogP contribution < -0.4 is 0 Å². The second-order valence-corrected chi connectivity index (χ2v) is 7.91. The lowest BCUT2D eigenvalue weighted by Gasteiger charge is -2.34. The van der Waals surface area contributed by atoms with Crippen LogP contribution in [0.15, 0.2) is 12.7 Å². The van der Waals surface area contributed by atoms with Crippen molar-refractivity contribution >= 4 is 15.7 Å². The van der Waals surface area contributed by atoms with Gasteiger partial charge in [0.15, 0.2) is 9.84 Å². The van der Waals surface area contributed by atoms with Crippen LogP contribution in [-0.2, 0) is 14.6 Å². The van der Waals surface area contributed by atoms with E-state index in [-0.39, 0.29) is 17.7 Å². The van der Waals surface area contributed by atoms with Crippen LogP contribution in [0.3, 0.4) is 0 Å². The van der Waals surface area contributed by atoms with E-state index in [1.165, 1.54) is 13.3 Å².